The van der Waals surface area contributed by atoms with E-state index >= 15 is 0 Å². The second kappa shape index (κ2) is 8.95. The van der Waals surface area contributed by atoms with Gasteiger partial charge in [0, 0.05) is 23.5 Å². The first-order valence-corrected chi connectivity index (χ1v) is 10.6. The molecule has 5 nitrogen and oxygen atoms in total. The van der Waals surface area contributed by atoms with Gasteiger partial charge in [-0.25, -0.2) is 9.18 Å². The third-order valence-electron chi connectivity index (χ3n) is 4.78. The van der Waals surface area contributed by atoms with Gasteiger partial charge < -0.3 is 21.3 Å². The Labute approximate surface area is 183 Å². The molecule has 1 aliphatic heterocycles. The van der Waals surface area contributed by atoms with Gasteiger partial charge in [-0.15, -0.1) is 0 Å². The number of carbonyl (C=O) groups excluding carboxylic acids is 1. The molecule has 0 fully saturated rings. The minimum absolute atomic E-state index is 0.0863. The fourth-order valence-corrected chi connectivity index (χ4v) is 4.82. The Kier molecular flexibility index (Phi) is 6.13. The van der Waals surface area contributed by atoms with Crippen molar-refractivity contribution >= 4 is 40.8 Å². The lowest BCUT2D eigenvalue weighted by molar-refractivity contribution is 0.240. The molecule has 1 unspecified atom stereocenters. The van der Waals surface area contributed by atoms with Gasteiger partial charge in [0.15, 0.2) is 5.50 Å². The number of nitrogens with two attached hydrogens (primary N) is 1. The van der Waals surface area contributed by atoms with Crippen LogP contribution in [0.5, 0.6) is 0 Å². The lowest BCUT2D eigenvalue weighted by Crippen LogP contribution is -2.46. The van der Waals surface area contributed by atoms with E-state index < -0.39 is 11.5 Å². The molecule has 30 heavy (non-hydrogen) atoms. The average Bonchev–Trinajstić information content (AvgIpc) is 3.10. The van der Waals surface area contributed by atoms with E-state index in [9.17, 15) is 9.18 Å². The number of anilines is 2. The highest BCUT2D eigenvalue weighted by atomic mass is 35.5. The molecule has 0 saturated heterocycles. The van der Waals surface area contributed by atoms with E-state index in [1.807, 2.05) is 41.3 Å². The summed E-state index contributed by atoms with van der Waals surface area (Å²) < 4.78 is 13.8. The van der Waals surface area contributed by atoms with Gasteiger partial charge in [0.1, 0.15) is 5.82 Å². The van der Waals surface area contributed by atoms with Gasteiger partial charge in [0.25, 0.3) is 0 Å². The molecule has 0 spiro atoms. The van der Waals surface area contributed by atoms with Gasteiger partial charge in [-0.05, 0) is 29.8 Å². The molecule has 0 radical (unpaired) electrons. The average molecular weight is 443 g/mol. The number of amides is 2. The first kappa shape index (κ1) is 20.5. The zero-order valence-corrected chi connectivity index (χ0v) is 17.5. The Morgan fingerprint density at radius 3 is 2.60 bits per heavy atom. The highest BCUT2D eigenvalue weighted by Crippen LogP contribution is 2.49. The second-order valence-electron chi connectivity index (χ2n) is 6.68. The second-order valence-corrected chi connectivity index (χ2v) is 8.21. The molecule has 2 amide bonds. The number of halogens is 2. The first-order valence-electron chi connectivity index (χ1n) is 9.38. The van der Waals surface area contributed by atoms with Crippen LogP contribution in [0.2, 0.25) is 5.02 Å². The lowest BCUT2D eigenvalue weighted by Gasteiger charge is -2.30. The number of hydrogen-bond donors (Lipinski definition) is 3. The Morgan fingerprint density at radius 1 is 1.07 bits per heavy atom. The largest absolute Gasteiger partial charge is 0.334 e. The number of thioether (sulfide) groups is 1. The van der Waals surface area contributed by atoms with Gasteiger partial charge in [-0.2, -0.15) is 0 Å². The SMILES string of the molecule is NCc1cccc(Cl)c1N1c2ccccc2SC1NC(=O)NCc1ccccc1F. The summed E-state index contributed by atoms with van der Waals surface area (Å²) in [6, 6.07) is 19.4. The molecule has 1 aliphatic rings. The summed E-state index contributed by atoms with van der Waals surface area (Å²) in [4.78, 5) is 15.6. The molecule has 1 atom stereocenters. The van der Waals surface area contributed by atoms with Crippen molar-refractivity contribution in [3.8, 4) is 0 Å². The number of nitrogens with one attached hydrogen (secondary N) is 2. The monoisotopic (exact) mass is 442 g/mol. The maximum absolute atomic E-state index is 13.8. The van der Waals surface area contributed by atoms with Crippen LogP contribution < -0.4 is 21.3 Å². The molecule has 154 valence electrons. The standard InChI is InChI=1S/C22H20ClFN4OS/c23-16-8-5-7-14(12-25)20(16)28-18-10-3-4-11-19(18)30-22(28)27-21(29)26-13-15-6-1-2-9-17(15)24/h1-11,22H,12-13,25H2,(H2,26,27,29). The molecule has 3 aromatic carbocycles. The van der Waals surface area contributed by atoms with Crippen LogP contribution in [0.15, 0.2) is 71.6 Å². The quantitative estimate of drug-likeness (QED) is 0.522. The highest BCUT2D eigenvalue weighted by molar-refractivity contribution is 8.00. The van der Waals surface area contributed by atoms with Crippen LogP contribution in [-0.4, -0.2) is 11.5 Å². The molecule has 0 bridgehead atoms. The van der Waals surface area contributed by atoms with E-state index in [-0.39, 0.29) is 12.4 Å². The maximum Gasteiger partial charge on any atom is 0.317 e. The molecule has 8 heteroatoms. The normalized spacial score (nSPS) is 15.0. The van der Waals surface area contributed by atoms with Gasteiger partial charge in [0.2, 0.25) is 0 Å². The fraction of sp³-hybridized carbons (Fsp3) is 0.136. The Bertz CT molecular complexity index is 1080. The fourth-order valence-electron chi connectivity index (χ4n) is 3.36. The van der Waals surface area contributed by atoms with E-state index in [4.69, 9.17) is 17.3 Å². The van der Waals surface area contributed by atoms with Gasteiger partial charge in [0.05, 0.1) is 16.4 Å². The van der Waals surface area contributed by atoms with Crippen molar-refractivity contribution in [1.82, 2.24) is 10.6 Å². The Morgan fingerprint density at radius 2 is 1.80 bits per heavy atom. The summed E-state index contributed by atoms with van der Waals surface area (Å²) >= 11 is 8.04. The zero-order chi connectivity index (χ0) is 21.1. The number of benzene rings is 3. The summed E-state index contributed by atoms with van der Waals surface area (Å²) in [6.45, 7) is 0.397. The molecule has 3 aromatic rings. The molecule has 0 aromatic heterocycles. The van der Waals surface area contributed by atoms with E-state index in [2.05, 4.69) is 10.6 Å². The Hall–Kier alpha value is -2.74. The molecule has 4 rings (SSSR count). The molecular formula is C22H20ClFN4OS. The van der Waals surface area contributed by atoms with E-state index in [0.717, 1.165) is 21.8 Å². The van der Waals surface area contributed by atoms with Crippen LogP contribution in [-0.2, 0) is 13.1 Å². The minimum atomic E-state index is -0.437. The molecule has 4 N–H and O–H groups in total. The summed E-state index contributed by atoms with van der Waals surface area (Å²) in [7, 11) is 0. The third kappa shape index (κ3) is 4.09. The lowest BCUT2D eigenvalue weighted by atomic mass is 10.1. The van der Waals surface area contributed by atoms with Crippen molar-refractivity contribution in [3.05, 3.63) is 88.7 Å². The van der Waals surface area contributed by atoms with Crippen LogP contribution in [0.3, 0.4) is 0 Å². The predicted octanol–water partition coefficient (Wildman–Crippen LogP) is 4.96. The summed E-state index contributed by atoms with van der Waals surface area (Å²) in [6.07, 6.45) is 0. The smallest absolute Gasteiger partial charge is 0.317 e. The van der Waals surface area contributed by atoms with Crippen LogP contribution in [0, 0.1) is 5.82 Å². The van der Waals surface area contributed by atoms with E-state index in [0.29, 0.717) is 17.1 Å². The van der Waals surface area contributed by atoms with Gasteiger partial charge in [-0.1, -0.05) is 65.8 Å². The first-order chi connectivity index (χ1) is 14.6. The van der Waals surface area contributed by atoms with Crippen molar-refractivity contribution in [2.24, 2.45) is 5.73 Å². The van der Waals surface area contributed by atoms with Crippen molar-refractivity contribution in [3.63, 3.8) is 0 Å². The third-order valence-corrected chi connectivity index (χ3v) is 6.24. The van der Waals surface area contributed by atoms with Crippen molar-refractivity contribution in [1.29, 1.82) is 0 Å². The number of fused-ring (bicyclic) bond motifs is 1. The summed E-state index contributed by atoms with van der Waals surface area (Å²) in [5.74, 6) is -0.356. The number of hydrogen-bond acceptors (Lipinski definition) is 4. The molecule has 0 saturated carbocycles. The van der Waals surface area contributed by atoms with Crippen LogP contribution in [0.1, 0.15) is 11.1 Å². The van der Waals surface area contributed by atoms with Crippen molar-refractivity contribution < 1.29 is 9.18 Å². The van der Waals surface area contributed by atoms with Crippen LogP contribution in [0.4, 0.5) is 20.6 Å². The topological polar surface area (TPSA) is 70.4 Å². The number of rotatable bonds is 5. The number of nitrogens with zero attached hydrogens (tertiary/aromatic N) is 1. The summed E-state index contributed by atoms with van der Waals surface area (Å²) in [5.41, 5.74) is 8.51. The van der Waals surface area contributed by atoms with Crippen LogP contribution in [0.25, 0.3) is 0 Å². The number of urea groups is 1. The predicted molar refractivity (Wildman–Crippen MR) is 119 cm³/mol. The molecule has 0 aliphatic carbocycles. The van der Waals surface area contributed by atoms with Gasteiger partial charge in [-0.3, -0.25) is 0 Å². The summed E-state index contributed by atoms with van der Waals surface area (Å²) in [5, 5.41) is 6.23. The molecule has 1 heterocycles. The van der Waals surface area contributed by atoms with E-state index in [1.54, 1.807) is 24.3 Å². The molecular weight excluding hydrogens is 423 g/mol. The highest BCUT2D eigenvalue weighted by Gasteiger charge is 2.34. The van der Waals surface area contributed by atoms with Crippen molar-refractivity contribution in [2.75, 3.05) is 4.90 Å². The minimum Gasteiger partial charge on any atom is -0.334 e. The van der Waals surface area contributed by atoms with Crippen molar-refractivity contribution in [2.45, 2.75) is 23.5 Å². The van der Waals surface area contributed by atoms with E-state index in [1.165, 1.54) is 17.8 Å². The Balaban J connectivity index is 1.58. The number of carbonyl (C=O) groups is 1. The van der Waals surface area contributed by atoms with Gasteiger partial charge >= 0.3 is 6.03 Å². The zero-order valence-electron chi connectivity index (χ0n) is 15.9. The van der Waals surface area contributed by atoms with Crippen LogP contribution >= 0.6 is 23.4 Å². The number of para-hydroxylation sites is 2. The maximum atomic E-state index is 13.8.